The van der Waals surface area contributed by atoms with E-state index in [4.69, 9.17) is 0 Å². The first-order valence-corrected chi connectivity index (χ1v) is 8.95. The molecule has 2 rings (SSSR count). The molecule has 0 saturated carbocycles. The highest BCUT2D eigenvalue weighted by molar-refractivity contribution is 7.89. The molecule has 0 aliphatic carbocycles. The SMILES string of the molecule is CCC[C@@](C)(C#N)NS(=O)(=O)c1ccc2c(c1)C(C)(C)C(=O)N2. The van der Waals surface area contributed by atoms with Gasteiger partial charge in [-0.25, -0.2) is 8.42 Å². The molecule has 7 heteroatoms. The van der Waals surface area contributed by atoms with Gasteiger partial charge in [0.25, 0.3) is 0 Å². The molecule has 0 unspecified atom stereocenters. The summed E-state index contributed by atoms with van der Waals surface area (Å²) in [5, 5.41) is 12.0. The van der Waals surface area contributed by atoms with E-state index in [1.54, 1.807) is 26.8 Å². The summed E-state index contributed by atoms with van der Waals surface area (Å²) in [6, 6.07) is 6.54. The fourth-order valence-electron chi connectivity index (χ4n) is 2.70. The number of benzene rings is 1. The van der Waals surface area contributed by atoms with Gasteiger partial charge in [-0.15, -0.1) is 0 Å². The molecule has 23 heavy (non-hydrogen) atoms. The van der Waals surface area contributed by atoms with Gasteiger partial charge in [0.15, 0.2) is 0 Å². The predicted molar refractivity (Wildman–Crippen MR) is 87.3 cm³/mol. The molecule has 6 nitrogen and oxygen atoms in total. The Morgan fingerprint density at radius 1 is 1.39 bits per heavy atom. The lowest BCUT2D eigenvalue weighted by Crippen LogP contribution is -2.44. The molecule has 1 aliphatic heterocycles. The fraction of sp³-hybridized carbons (Fsp3) is 0.500. The molecule has 2 N–H and O–H groups in total. The van der Waals surface area contributed by atoms with Crippen LogP contribution in [0.15, 0.2) is 23.1 Å². The van der Waals surface area contributed by atoms with Crippen molar-refractivity contribution in [3.8, 4) is 6.07 Å². The van der Waals surface area contributed by atoms with Crippen LogP contribution >= 0.6 is 0 Å². The molecule has 1 aromatic rings. The summed E-state index contributed by atoms with van der Waals surface area (Å²) >= 11 is 0. The number of carbonyl (C=O) groups excluding carboxylic acids is 1. The van der Waals surface area contributed by atoms with E-state index in [-0.39, 0.29) is 10.8 Å². The Morgan fingerprint density at radius 2 is 2.04 bits per heavy atom. The number of amides is 1. The highest BCUT2D eigenvalue weighted by Crippen LogP contribution is 2.38. The van der Waals surface area contributed by atoms with E-state index in [1.807, 2.05) is 13.0 Å². The van der Waals surface area contributed by atoms with Crippen LogP contribution in [0.3, 0.4) is 0 Å². The lowest BCUT2D eigenvalue weighted by Gasteiger charge is -2.23. The van der Waals surface area contributed by atoms with Crippen LogP contribution in [0.5, 0.6) is 0 Å². The zero-order valence-corrected chi connectivity index (χ0v) is 14.5. The number of carbonyl (C=O) groups is 1. The van der Waals surface area contributed by atoms with Crippen LogP contribution in [0.1, 0.15) is 46.1 Å². The van der Waals surface area contributed by atoms with Gasteiger partial charge in [0.2, 0.25) is 15.9 Å². The summed E-state index contributed by atoms with van der Waals surface area (Å²) in [6.45, 7) is 6.94. The summed E-state index contributed by atoms with van der Waals surface area (Å²) in [4.78, 5) is 12.0. The second-order valence-electron chi connectivity index (χ2n) is 6.59. The van der Waals surface area contributed by atoms with Crippen molar-refractivity contribution in [3.63, 3.8) is 0 Å². The monoisotopic (exact) mass is 335 g/mol. The Hall–Kier alpha value is -1.91. The maximum Gasteiger partial charge on any atom is 0.241 e. The standard InChI is InChI=1S/C16H21N3O3S/c1-5-8-16(4,10-17)19-23(21,22)11-6-7-13-12(9-11)15(2,3)14(20)18-13/h6-7,9,19H,5,8H2,1-4H3,(H,18,20)/t16-/m0/s1. The summed E-state index contributed by atoms with van der Waals surface area (Å²) in [7, 11) is -3.85. The van der Waals surface area contributed by atoms with Gasteiger partial charge < -0.3 is 5.32 Å². The molecular formula is C16H21N3O3S. The lowest BCUT2D eigenvalue weighted by molar-refractivity contribution is -0.119. The molecule has 0 fully saturated rings. The fourth-order valence-corrected chi connectivity index (χ4v) is 4.08. The van der Waals surface area contributed by atoms with Crippen molar-refractivity contribution in [2.75, 3.05) is 5.32 Å². The lowest BCUT2D eigenvalue weighted by atomic mass is 9.86. The molecule has 1 aromatic carbocycles. The number of nitrogens with one attached hydrogen (secondary N) is 2. The summed E-state index contributed by atoms with van der Waals surface area (Å²) in [6.07, 6.45) is 1.10. The van der Waals surface area contributed by atoms with Crippen molar-refractivity contribution in [2.24, 2.45) is 0 Å². The number of rotatable bonds is 5. The van der Waals surface area contributed by atoms with Crippen molar-refractivity contribution in [1.82, 2.24) is 4.72 Å². The number of nitrogens with zero attached hydrogens (tertiary/aromatic N) is 1. The first-order chi connectivity index (χ1) is 10.6. The number of fused-ring (bicyclic) bond motifs is 1. The minimum absolute atomic E-state index is 0.0541. The highest BCUT2D eigenvalue weighted by Gasteiger charge is 2.39. The average Bonchev–Trinajstić information content (AvgIpc) is 2.68. The molecule has 1 heterocycles. The van der Waals surface area contributed by atoms with Gasteiger partial charge in [0.05, 0.1) is 16.4 Å². The van der Waals surface area contributed by atoms with Crippen molar-refractivity contribution in [1.29, 1.82) is 5.26 Å². The van der Waals surface area contributed by atoms with Crippen LogP contribution in [0.25, 0.3) is 0 Å². The van der Waals surface area contributed by atoms with E-state index in [0.717, 1.165) is 0 Å². The Labute approximate surface area is 136 Å². The number of hydrogen-bond donors (Lipinski definition) is 2. The van der Waals surface area contributed by atoms with E-state index in [1.165, 1.54) is 12.1 Å². The first kappa shape index (κ1) is 17.4. The Morgan fingerprint density at radius 3 is 2.61 bits per heavy atom. The predicted octanol–water partition coefficient (Wildman–Crippen LogP) is 2.28. The smallest absolute Gasteiger partial charge is 0.241 e. The molecule has 0 saturated heterocycles. The molecule has 1 atom stereocenters. The maximum atomic E-state index is 12.6. The molecule has 0 spiro atoms. The van der Waals surface area contributed by atoms with Gasteiger partial charge in [-0.05, 0) is 51.0 Å². The summed E-state index contributed by atoms with van der Waals surface area (Å²) < 4.78 is 27.7. The van der Waals surface area contributed by atoms with Gasteiger partial charge in [0.1, 0.15) is 5.54 Å². The molecule has 1 amide bonds. The topological polar surface area (TPSA) is 99.1 Å². The number of nitriles is 1. The summed E-state index contributed by atoms with van der Waals surface area (Å²) in [5.41, 5.74) is -0.686. The average molecular weight is 335 g/mol. The van der Waals surface area contributed by atoms with Gasteiger partial charge in [-0.3, -0.25) is 4.79 Å². The van der Waals surface area contributed by atoms with Crippen LogP contribution in [0.2, 0.25) is 0 Å². The van der Waals surface area contributed by atoms with Crippen LogP contribution in [-0.2, 0) is 20.2 Å². The molecule has 0 bridgehead atoms. The third kappa shape index (κ3) is 3.09. The normalized spacial score (nSPS) is 18.7. The Bertz CT molecular complexity index is 793. The van der Waals surface area contributed by atoms with Gasteiger partial charge in [-0.2, -0.15) is 9.98 Å². The summed E-state index contributed by atoms with van der Waals surface area (Å²) in [5.74, 6) is -0.164. The Balaban J connectivity index is 2.42. The van der Waals surface area contributed by atoms with E-state index in [2.05, 4.69) is 10.0 Å². The highest BCUT2D eigenvalue weighted by atomic mass is 32.2. The molecule has 0 aromatic heterocycles. The number of hydrogen-bond acceptors (Lipinski definition) is 4. The van der Waals surface area contributed by atoms with E-state index >= 15 is 0 Å². The third-order valence-electron chi connectivity index (χ3n) is 4.15. The zero-order valence-electron chi connectivity index (χ0n) is 13.7. The number of sulfonamides is 1. The van der Waals surface area contributed by atoms with E-state index in [0.29, 0.717) is 24.1 Å². The second kappa shape index (κ2) is 5.62. The molecular weight excluding hydrogens is 314 g/mol. The molecule has 0 radical (unpaired) electrons. The zero-order chi connectivity index (χ0) is 17.5. The molecule has 124 valence electrons. The van der Waals surface area contributed by atoms with E-state index < -0.39 is 21.0 Å². The van der Waals surface area contributed by atoms with Crippen LogP contribution in [0, 0.1) is 11.3 Å². The van der Waals surface area contributed by atoms with Crippen LogP contribution in [-0.4, -0.2) is 19.9 Å². The minimum Gasteiger partial charge on any atom is -0.325 e. The van der Waals surface area contributed by atoms with Crippen molar-refractivity contribution in [3.05, 3.63) is 23.8 Å². The van der Waals surface area contributed by atoms with Crippen molar-refractivity contribution < 1.29 is 13.2 Å². The van der Waals surface area contributed by atoms with Crippen LogP contribution < -0.4 is 10.0 Å². The Kier molecular flexibility index (Phi) is 4.26. The minimum atomic E-state index is -3.85. The quantitative estimate of drug-likeness (QED) is 0.862. The van der Waals surface area contributed by atoms with Gasteiger partial charge in [-0.1, -0.05) is 13.3 Å². The second-order valence-corrected chi connectivity index (χ2v) is 8.27. The first-order valence-electron chi connectivity index (χ1n) is 7.47. The van der Waals surface area contributed by atoms with Gasteiger partial charge in [0, 0.05) is 5.69 Å². The van der Waals surface area contributed by atoms with Gasteiger partial charge >= 0.3 is 0 Å². The van der Waals surface area contributed by atoms with Crippen molar-refractivity contribution >= 4 is 21.6 Å². The van der Waals surface area contributed by atoms with Crippen molar-refractivity contribution in [2.45, 2.75) is 56.4 Å². The largest absolute Gasteiger partial charge is 0.325 e. The van der Waals surface area contributed by atoms with Crippen LogP contribution in [0.4, 0.5) is 5.69 Å². The maximum absolute atomic E-state index is 12.6. The molecule has 1 aliphatic rings. The number of anilines is 1. The van der Waals surface area contributed by atoms with E-state index in [9.17, 15) is 18.5 Å². The third-order valence-corrected chi connectivity index (χ3v) is 5.74.